The number of hydrogen-bond donors (Lipinski definition) is 2. The molecule has 26 heavy (non-hydrogen) atoms. The average Bonchev–Trinajstić information content (AvgIpc) is 3.15. The van der Waals surface area contributed by atoms with E-state index in [0.29, 0.717) is 17.0 Å². The second-order valence-corrected chi connectivity index (χ2v) is 6.95. The van der Waals surface area contributed by atoms with Gasteiger partial charge in [0.25, 0.3) is 5.56 Å². The number of imidazole rings is 1. The second-order valence-electron chi connectivity index (χ2n) is 6.95. The second kappa shape index (κ2) is 7.15. The van der Waals surface area contributed by atoms with E-state index in [0.717, 1.165) is 43.6 Å². The van der Waals surface area contributed by atoms with Gasteiger partial charge in [-0.05, 0) is 36.3 Å². The van der Waals surface area contributed by atoms with Gasteiger partial charge in [-0.3, -0.25) is 9.59 Å². The van der Waals surface area contributed by atoms with E-state index in [4.69, 9.17) is 0 Å². The van der Waals surface area contributed by atoms with Gasteiger partial charge >= 0.3 is 0 Å². The molecule has 6 heteroatoms. The van der Waals surface area contributed by atoms with Crippen LogP contribution in [0.2, 0.25) is 0 Å². The van der Waals surface area contributed by atoms with Gasteiger partial charge in [0.15, 0.2) is 0 Å². The quantitative estimate of drug-likeness (QED) is 0.757. The summed E-state index contributed by atoms with van der Waals surface area (Å²) in [5, 5.41) is 1.53. The van der Waals surface area contributed by atoms with Gasteiger partial charge in [-0.15, -0.1) is 0 Å². The number of pyridine rings is 1. The van der Waals surface area contributed by atoms with E-state index in [2.05, 4.69) is 15.0 Å². The summed E-state index contributed by atoms with van der Waals surface area (Å²) in [5.74, 6) is 1.65. The molecule has 1 aliphatic heterocycles. The Bertz CT molecular complexity index is 953. The third kappa shape index (κ3) is 3.54. The molecule has 0 atom stereocenters. The smallest absolute Gasteiger partial charge is 0.256 e. The van der Waals surface area contributed by atoms with Gasteiger partial charge < -0.3 is 14.9 Å². The van der Waals surface area contributed by atoms with Crippen LogP contribution in [-0.2, 0) is 17.6 Å². The molecule has 0 aliphatic carbocycles. The topological polar surface area (TPSA) is 81.8 Å². The molecule has 1 fully saturated rings. The fourth-order valence-electron chi connectivity index (χ4n) is 3.71. The Morgan fingerprint density at radius 1 is 1.23 bits per heavy atom. The minimum absolute atomic E-state index is 0.0763. The number of benzene rings is 1. The van der Waals surface area contributed by atoms with E-state index in [1.807, 2.05) is 35.4 Å². The third-order valence-electron chi connectivity index (χ3n) is 5.16. The SMILES string of the molecule is O=C(Cc1cc2ccccc2c(=O)[nH]1)N1CCC(Cc2ncc[nH]2)CC1. The summed E-state index contributed by atoms with van der Waals surface area (Å²) in [6.07, 6.45) is 6.77. The number of aromatic amines is 2. The molecule has 1 amide bonds. The fourth-order valence-corrected chi connectivity index (χ4v) is 3.71. The molecule has 134 valence electrons. The van der Waals surface area contributed by atoms with Crippen molar-refractivity contribution in [3.63, 3.8) is 0 Å². The van der Waals surface area contributed by atoms with Crippen LogP contribution >= 0.6 is 0 Å². The molecular weight excluding hydrogens is 328 g/mol. The molecule has 2 N–H and O–H groups in total. The molecule has 6 nitrogen and oxygen atoms in total. The van der Waals surface area contributed by atoms with Gasteiger partial charge in [0, 0.05) is 43.0 Å². The molecule has 0 bridgehead atoms. The van der Waals surface area contributed by atoms with Crippen LogP contribution in [0, 0.1) is 5.92 Å². The Labute approximate surface area is 151 Å². The zero-order valence-corrected chi connectivity index (χ0v) is 14.6. The Kier molecular flexibility index (Phi) is 4.56. The van der Waals surface area contributed by atoms with Crippen molar-refractivity contribution in [1.82, 2.24) is 19.9 Å². The number of likely N-dealkylation sites (tertiary alicyclic amines) is 1. The average molecular weight is 350 g/mol. The number of piperidine rings is 1. The highest BCUT2D eigenvalue weighted by Gasteiger charge is 2.23. The monoisotopic (exact) mass is 350 g/mol. The molecule has 3 heterocycles. The summed E-state index contributed by atoms with van der Waals surface area (Å²) in [6, 6.07) is 9.34. The number of nitrogens with zero attached hydrogens (tertiary/aromatic N) is 2. The molecule has 1 aromatic carbocycles. The standard InChI is InChI=1S/C20H22N4O2/c25-19(13-16-12-15-3-1-2-4-17(15)20(26)23-16)24-9-5-14(6-10-24)11-18-21-7-8-22-18/h1-4,7-8,12,14H,5-6,9-11,13H2,(H,21,22)(H,23,26). The maximum Gasteiger partial charge on any atom is 0.256 e. The lowest BCUT2D eigenvalue weighted by molar-refractivity contribution is -0.131. The normalized spacial score (nSPS) is 15.5. The summed E-state index contributed by atoms with van der Waals surface area (Å²) in [6.45, 7) is 1.53. The first kappa shape index (κ1) is 16.6. The van der Waals surface area contributed by atoms with E-state index >= 15 is 0 Å². The van der Waals surface area contributed by atoms with Crippen LogP contribution in [0.1, 0.15) is 24.4 Å². The predicted molar refractivity (Wildman–Crippen MR) is 99.9 cm³/mol. The van der Waals surface area contributed by atoms with Gasteiger partial charge in [-0.2, -0.15) is 0 Å². The van der Waals surface area contributed by atoms with Gasteiger partial charge in [0.05, 0.1) is 6.42 Å². The third-order valence-corrected chi connectivity index (χ3v) is 5.16. The van der Waals surface area contributed by atoms with Crippen molar-refractivity contribution in [1.29, 1.82) is 0 Å². The Balaban J connectivity index is 1.38. The van der Waals surface area contributed by atoms with Gasteiger partial charge in [-0.1, -0.05) is 18.2 Å². The molecule has 1 aliphatic rings. The molecule has 1 saturated heterocycles. The highest BCUT2D eigenvalue weighted by Crippen LogP contribution is 2.21. The van der Waals surface area contributed by atoms with Gasteiger partial charge in [-0.25, -0.2) is 4.98 Å². The highest BCUT2D eigenvalue weighted by atomic mass is 16.2. The fraction of sp³-hybridized carbons (Fsp3) is 0.350. The molecular formula is C20H22N4O2. The predicted octanol–water partition coefficient (Wildman–Crippen LogP) is 2.28. The minimum Gasteiger partial charge on any atom is -0.349 e. The number of aromatic nitrogens is 3. The first-order chi connectivity index (χ1) is 12.7. The van der Waals surface area contributed by atoms with Crippen molar-refractivity contribution in [2.75, 3.05) is 13.1 Å². The number of H-pyrrole nitrogens is 2. The summed E-state index contributed by atoms with van der Waals surface area (Å²) in [7, 11) is 0. The first-order valence-corrected chi connectivity index (χ1v) is 9.06. The summed E-state index contributed by atoms with van der Waals surface area (Å²) in [5.41, 5.74) is 0.541. The number of rotatable bonds is 4. The van der Waals surface area contributed by atoms with Gasteiger partial charge in [0.1, 0.15) is 5.82 Å². The lowest BCUT2D eigenvalue weighted by atomic mass is 9.93. The number of carbonyl (C=O) groups is 1. The van der Waals surface area contributed by atoms with Crippen LogP contribution in [0.5, 0.6) is 0 Å². The maximum absolute atomic E-state index is 12.6. The highest BCUT2D eigenvalue weighted by molar-refractivity contribution is 5.84. The van der Waals surface area contributed by atoms with Crippen molar-refractivity contribution in [3.05, 3.63) is 64.6 Å². The molecule has 0 unspecified atom stereocenters. The van der Waals surface area contributed by atoms with Crippen LogP contribution in [0.15, 0.2) is 47.5 Å². The van der Waals surface area contributed by atoms with Crippen LogP contribution < -0.4 is 5.56 Å². The molecule has 2 aromatic heterocycles. The zero-order valence-electron chi connectivity index (χ0n) is 14.6. The summed E-state index contributed by atoms with van der Waals surface area (Å²) >= 11 is 0. The van der Waals surface area contributed by atoms with Crippen LogP contribution in [0.3, 0.4) is 0 Å². The van der Waals surface area contributed by atoms with Crippen LogP contribution in [0.4, 0.5) is 0 Å². The number of carbonyl (C=O) groups excluding carboxylic acids is 1. The van der Waals surface area contributed by atoms with Crippen LogP contribution in [-0.4, -0.2) is 38.8 Å². The lowest BCUT2D eigenvalue weighted by Crippen LogP contribution is -2.40. The number of nitrogens with one attached hydrogen (secondary N) is 2. The van der Waals surface area contributed by atoms with Crippen molar-refractivity contribution in [2.24, 2.45) is 5.92 Å². The van der Waals surface area contributed by atoms with E-state index in [1.165, 1.54) is 0 Å². The van der Waals surface area contributed by atoms with Crippen molar-refractivity contribution >= 4 is 16.7 Å². The van der Waals surface area contributed by atoms with E-state index in [1.54, 1.807) is 12.3 Å². The Morgan fingerprint density at radius 3 is 2.81 bits per heavy atom. The maximum atomic E-state index is 12.6. The van der Waals surface area contributed by atoms with Crippen molar-refractivity contribution < 1.29 is 4.79 Å². The van der Waals surface area contributed by atoms with E-state index < -0.39 is 0 Å². The van der Waals surface area contributed by atoms with Crippen molar-refractivity contribution in [2.45, 2.75) is 25.7 Å². The van der Waals surface area contributed by atoms with E-state index in [9.17, 15) is 9.59 Å². The minimum atomic E-state index is -0.136. The Morgan fingerprint density at radius 2 is 2.04 bits per heavy atom. The zero-order chi connectivity index (χ0) is 17.9. The molecule has 0 radical (unpaired) electrons. The largest absolute Gasteiger partial charge is 0.349 e. The summed E-state index contributed by atoms with van der Waals surface area (Å²) < 4.78 is 0. The number of fused-ring (bicyclic) bond motifs is 1. The molecule has 0 saturated carbocycles. The first-order valence-electron chi connectivity index (χ1n) is 9.06. The number of amides is 1. The molecule has 3 aromatic rings. The number of hydrogen-bond acceptors (Lipinski definition) is 3. The lowest BCUT2D eigenvalue weighted by Gasteiger charge is -2.31. The van der Waals surface area contributed by atoms with Gasteiger partial charge in [0.2, 0.25) is 5.91 Å². The Hall–Kier alpha value is -2.89. The van der Waals surface area contributed by atoms with E-state index in [-0.39, 0.29) is 17.9 Å². The summed E-state index contributed by atoms with van der Waals surface area (Å²) in [4.78, 5) is 37.0. The molecule has 0 spiro atoms. The van der Waals surface area contributed by atoms with Crippen LogP contribution in [0.25, 0.3) is 10.8 Å². The van der Waals surface area contributed by atoms with Crippen molar-refractivity contribution in [3.8, 4) is 0 Å². The molecule has 4 rings (SSSR count).